The van der Waals surface area contributed by atoms with Crippen molar-refractivity contribution in [3.05, 3.63) is 277 Å². The highest BCUT2D eigenvalue weighted by atomic mass is 16.3. The van der Waals surface area contributed by atoms with Gasteiger partial charge in [-0.3, -0.25) is 0 Å². The second-order valence-electron chi connectivity index (χ2n) is 18.7. The number of nitrogens with zero attached hydrogens (tertiary/aromatic N) is 2. The van der Waals surface area contributed by atoms with Crippen LogP contribution >= 0.6 is 0 Å². The molecule has 326 valence electrons. The number of aromatic nitrogens is 1. The van der Waals surface area contributed by atoms with E-state index in [0.717, 1.165) is 55.8 Å². The minimum absolute atomic E-state index is 0.456. The SMILES string of the molecule is c1ccc(-n2c3ccccc3c3cc(-c4ccc(N(c5ccc(-c6cccc7c6oc6ccccc67)cc5)c5ccc6c(c5)C5(c7ccccc7-c7ccccc75)c5ccccc5-6)cc4)ccc32)cc1. The van der Waals surface area contributed by atoms with Crippen molar-refractivity contribution < 1.29 is 4.42 Å². The average Bonchev–Trinajstić information content (AvgIpc) is 4.16. The molecule has 0 aliphatic heterocycles. The first-order valence-corrected chi connectivity index (χ1v) is 24.2. The largest absolute Gasteiger partial charge is 0.455 e. The molecule has 0 N–H and O–H groups in total. The first-order chi connectivity index (χ1) is 34.7. The summed E-state index contributed by atoms with van der Waals surface area (Å²) in [7, 11) is 0. The van der Waals surface area contributed by atoms with Gasteiger partial charge in [0.2, 0.25) is 0 Å². The summed E-state index contributed by atoms with van der Waals surface area (Å²) < 4.78 is 8.90. The highest BCUT2D eigenvalue weighted by Gasteiger charge is 2.51. The Morgan fingerprint density at radius 2 is 0.829 bits per heavy atom. The van der Waals surface area contributed by atoms with Crippen LogP contribution in [0.1, 0.15) is 22.3 Å². The number of hydrogen-bond donors (Lipinski definition) is 0. The number of benzene rings is 11. The minimum Gasteiger partial charge on any atom is -0.455 e. The summed E-state index contributed by atoms with van der Waals surface area (Å²) in [6.07, 6.45) is 0. The van der Waals surface area contributed by atoms with Crippen LogP contribution in [0.2, 0.25) is 0 Å². The summed E-state index contributed by atoms with van der Waals surface area (Å²) in [6, 6.07) is 93.5. The molecular formula is C67H42N2O. The van der Waals surface area contributed by atoms with Gasteiger partial charge in [-0.15, -0.1) is 0 Å². The maximum Gasteiger partial charge on any atom is 0.143 e. The third-order valence-corrected chi connectivity index (χ3v) is 15.2. The molecule has 0 saturated heterocycles. The van der Waals surface area contributed by atoms with Gasteiger partial charge in [0.1, 0.15) is 11.2 Å². The highest BCUT2D eigenvalue weighted by Crippen LogP contribution is 2.63. The lowest BCUT2D eigenvalue weighted by Crippen LogP contribution is -2.26. The van der Waals surface area contributed by atoms with Gasteiger partial charge in [0, 0.05) is 49.9 Å². The predicted molar refractivity (Wildman–Crippen MR) is 290 cm³/mol. The molecule has 70 heavy (non-hydrogen) atoms. The van der Waals surface area contributed by atoms with E-state index in [1.54, 1.807) is 0 Å². The van der Waals surface area contributed by atoms with E-state index in [2.05, 4.69) is 258 Å². The van der Waals surface area contributed by atoms with Crippen molar-refractivity contribution in [1.29, 1.82) is 0 Å². The molecule has 1 spiro atoms. The van der Waals surface area contributed by atoms with E-state index in [0.29, 0.717) is 0 Å². The zero-order valence-corrected chi connectivity index (χ0v) is 38.1. The van der Waals surface area contributed by atoms with Crippen LogP contribution in [-0.4, -0.2) is 4.57 Å². The minimum atomic E-state index is -0.456. The van der Waals surface area contributed by atoms with Crippen LogP contribution in [0.3, 0.4) is 0 Å². The summed E-state index contributed by atoms with van der Waals surface area (Å²) in [5.41, 5.74) is 23.2. The number of para-hydroxylation sites is 4. The van der Waals surface area contributed by atoms with Crippen LogP contribution < -0.4 is 4.90 Å². The molecule has 0 radical (unpaired) electrons. The average molecular weight is 891 g/mol. The van der Waals surface area contributed by atoms with Crippen LogP contribution in [0.25, 0.3) is 93.9 Å². The van der Waals surface area contributed by atoms with E-state index in [4.69, 9.17) is 4.42 Å². The second kappa shape index (κ2) is 14.9. The van der Waals surface area contributed by atoms with Gasteiger partial charge in [-0.2, -0.15) is 0 Å². The smallest absolute Gasteiger partial charge is 0.143 e. The zero-order valence-electron chi connectivity index (χ0n) is 38.1. The molecule has 0 atom stereocenters. The fourth-order valence-electron chi connectivity index (χ4n) is 12.2. The molecule has 13 aromatic rings. The fourth-order valence-corrected chi connectivity index (χ4v) is 12.2. The Bertz CT molecular complexity index is 4170. The summed E-state index contributed by atoms with van der Waals surface area (Å²) in [4.78, 5) is 2.43. The molecular weight excluding hydrogens is 849 g/mol. The molecule has 3 heteroatoms. The topological polar surface area (TPSA) is 21.3 Å². The molecule has 15 rings (SSSR count). The molecule has 2 aromatic heterocycles. The predicted octanol–water partition coefficient (Wildman–Crippen LogP) is 17.8. The first kappa shape index (κ1) is 38.9. The lowest BCUT2D eigenvalue weighted by atomic mass is 9.70. The second-order valence-corrected chi connectivity index (χ2v) is 18.7. The lowest BCUT2D eigenvalue weighted by molar-refractivity contribution is 0.670. The maximum absolute atomic E-state index is 6.52. The summed E-state index contributed by atoms with van der Waals surface area (Å²) >= 11 is 0. The Morgan fingerprint density at radius 3 is 1.53 bits per heavy atom. The molecule has 0 amide bonds. The van der Waals surface area contributed by atoms with Crippen molar-refractivity contribution in [3.63, 3.8) is 0 Å². The number of hydrogen-bond acceptors (Lipinski definition) is 2. The first-order valence-electron chi connectivity index (χ1n) is 24.2. The normalized spacial score (nSPS) is 13.0. The van der Waals surface area contributed by atoms with Gasteiger partial charge < -0.3 is 13.9 Å². The van der Waals surface area contributed by atoms with Crippen LogP contribution in [0.15, 0.2) is 259 Å². The highest BCUT2D eigenvalue weighted by molar-refractivity contribution is 6.11. The maximum atomic E-state index is 6.52. The number of fused-ring (bicyclic) bond motifs is 16. The van der Waals surface area contributed by atoms with Crippen LogP contribution in [-0.2, 0) is 5.41 Å². The Kier molecular flexibility index (Phi) is 8.28. The van der Waals surface area contributed by atoms with Gasteiger partial charge in [0.05, 0.1) is 16.4 Å². The van der Waals surface area contributed by atoms with Gasteiger partial charge in [-0.1, -0.05) is 182 Å². The number of anilines is 3. The van der Waals surface area contributed by atoms with E-state index in [1.807, 2.05) is 6.07 Å². The van der Waals surface area contributed by atoms with Crippen LogP contribution in [0.4, 0.5) is 17.1 Å². The van der Waals surface area contributed by atoms with E-state index >= 15 is 0 Å². The summed E-state index contributed by atoms with van der Waals surface area (Å²) in [5, 5.41) is 4.75. The van der Waals surface area contributed by atoms with Crippen LogP contribution in [0, 0.1) is 0 Å². The fraction of sp³-hybridized carbons (Fsp3) is 0.0149. The molecule has 0 saturated carbocycles. The van der Waals surface area contributed by atoms with Gasteiger partial charge >= 0.3 is 0 Å². The standard InChI is InChI=1S/C67H42N2O/c1-2-15-46(16-3-1)69-63-27-12-7-20-55(63)58-41-45(33-40-64(58)69)43-29-34-47(35-30-43)68(48-36-31-44(32-37-48)50-22-14-23-57-56-21-8-13-28-65(56)70-66(50)57)49-38-39-54-53-19-6-11-26-61(53)67(62(54)42-49)59-24-9-4-17-51(59)52-18-5-10-25-60(52)67/h1-42H. The van der Waals surface area contributed by atoms with E-state index < -0.39 is 5.41 Å². The van der Waals surface area contributed by atoms with E-state index in [1.165, 1.54) is 77.4 Å². The van der Waals surface area contributed by atoms with Gasteiger partial charge in [-0.05, 0) is 134 Å². The van der Waals surface area contributed by atoms with Gasteiger partial charge in [0.15, 0.2) is 0 Å². The van der Waals surface area contributed by atoms with Crippen molar-refractivity contribution in [1.82, 2.24) is 4.57 Å². The third kappa shape index (κ3) is 5.46. The molecule has 2 heterocycles. The molecule has 3 nitrogen and oxygen atoms in total. The third-order valence-electron chi connectivity index (χ3n) is 15.2. The Balaban J connectivity index is 0.894. The number of rotatable bonds is 6. The van der Waals surface area contributed by atoms with E-state index in [-0.39, 0.29) is 0 Å². The summed E-state index contributed by atoms with van der Waals surface area (Å²) in [6.45, 7) is 0. The monoisotopic (exact) mass is 890 g/mol. The molecule has 0 bridgehead atoms. The Hall–Kier alpha value is -9.18. The summed E-state index contributed by atoms with van der Waals surface area (Å²) in [5.74, 6) is 0. The van der Waals surface area contributed by atoms with Gasteiger partial charge in [0.25, 0.3) is 0 Å². The van der Waals surface area contributed by atoms with Crippen molar-refractivity contribution in [2.75, 3.05) is 4.90 Å². The van der Waals surface area contributed by atoms with Crippen molar-refractivity contribution >= 4 is 60.8 Å². The van der Waals surface area contributed by atoms with E-state index in [9.17, 15) is 0 Å². The molecule has 2 aliphatic carbocycles. The van der Waals surface area contributed by atoms with Crippen molar-refractivity contribution in [2.24, 2.45) is 0 Å². The Labute approximate surface area is 405 Å². The van der Waals surface area contributed by atoms with Crippen molar-refractivity contribution in [3.8, 4) is 50.2 Å². The Morgan fingerprint density at radius 1 is 0.314 bits per heavy atom. The zero-order chi connectivity index (χ0) is 45.9. The molecule has 2 aliphatic rings. The molecule has 11 aromatic carbocycles. The quantitative estimate of drug-likeness (QED) is 0.166. The molecule has 0 fully saturated rings. The van der Waals surface area contributed by atoms with Crippen LogP contribution in [0.5, 0.6) is 0 Å². The van der Waals surface area contributed by atoms with Gasteiger partial charge in [-0.25, -0.2) is 0 Å². The molecule has 0 unspecified atom stereocenters. The van der Waals surface area contributed by atoms with Crippen molar-refractivity contribution in [2.45, 2.75) is 5.41 Å². The lowest BCUT2D eigenvalue weighted by Gasteiger charge is -2.32. The number of furan rings is 1.